The molecule has 1 aliphatic heterocycles. The Labute approximate surface area is 204 Å². The molecule has 3 aromatic heterocycles. The van der Waals surface area contributed by atoms with Gasteiger partial charge in [0.05, 0.1) is 24.3 Å². The molecule has 10 heteroatoms. The number of amides is 2. The fourth-order valence-corrected chi connectivity index (χ4v) is 4.56. The van der Waals surface area contributed by atoms with E-state index in [-0.39, 0.29) is 18.2 Å². The van der Waals surface area contributed by atoms with Gasteiger partial charge in [0.25, 0.3) is 0 Å². The van der Waals surface area contributed by atoms with Gasteiger partial charge in [0.15, 0.2) is 11.2 Å². The molecule has 0 radical (unpaired) electrons. The van der Waals surface area contributed by atoms with Crippen molar-refractivity contribution < 1.29 is 9.53 Å². The predicted octanol–water partition coefficient (Wildman–Crippen LogP) is 3.48. The van der Waals surface area contributed by atoms with Crippen LogP contribution >= 0.6 is 0 Å². The third-order valence-corrected chi connectivity index (χ3v) is 6.62. The third kappa shape index (κ3) is 4.31. The van der Waals surface area contributed by atoms with Crippen molar-refractivity contribution in [3.63, 3.8) is 0 Å². The second kappa shape index (κ2) is 9.36. The zero-order chi connectivity index (χ0) is 24.5. The van der Waals surface area contributed by atoms with Crippen molar-refractivity contribution in [2.45, 2.75) is 45.9 Å². The number of ether oxygens (including phenoxy) is 1. The first-order valence-electron chi connectivity index (χ1n) is 11.9. The van der Waals surface area contributed by atoms with Gasteiger partial charge in [-0.1, -0.05) is 30.3 Å². The second-order valence-corrected chi connectivity index (χ2v) is 8.86. The van der Waals surface area contributed by atoms with E-state index in [9.17, 15) is 4.79 Å². The van der Waals surface area contributed by atoms with Gasteiger partial charge in [0.2, 0.25) is 5.88 Å². The number of imidazole rings is 1. The average molecular weight is 475 g/mol. The van der Waals surface area contributed by atoms with E-state index in [0.29, 0.717) is 30.1 Å². The maximum Gasteiger partial charge on any atom is 0.318 e. The Balaban J connectivity index is 1.30. The van der Waals surface area contributed by atoms with Crippen LogP contribution < -0.4 is 10.1 Å². The standard InChI is InChI=1S/C25H30N8O2/c1-5-33-17(3)20(13-28-33)22-30-21-23(31(22)4)26-15-27-24(21)35-19-11-12-32(14-19)25(34)29-16(2)18-9-7-6-8-10-18/h6-10,13,15-16,19H,5,11-12,14H2,1-4H3,(H,29,34). The van der Waals surface area contributed by atoms with Crippen LogP contribution in [0.1, 0.15) is 37.6 Å². The maximum absolute atomic E-state index is 12.8. The molecule has 1 N–H and O–H groups in total. The van der Waals surface area contributed by atoms with E-state index in [0.717, 1.165) is 35.6 Å². The summed E-state index contributed by atoms with van der Waals surface area (Å²) in [5, 5.41) is 7.52. The lowest BCUT2D eigenvalue weighted by molar-refractivity contribution is 0.182. The Hall–Kier alpha value is -3.95. The molecular weight excluding hydrogens is 444 g/mol. The van der Waals surface area contributed by atoms with Gasteiger partial charge in [-0.3, -0.25) is 4.68 Å². The van der Waals surface area contributed by atoms with E-state index >= 15 is 0 Å². The Morgan fingerprint density at radius 1 is 1.26 bits per heavy atom. The van der Waals surface area contributed by atoms with Crippen LogP contribution in [0.3, 0.4) is 0 Å². The minimum atomic E-state index is -0.166. The van der Waals surface area contributed by atoms with E-state index in [1.807, 2.05) is 66.7 Å². The lowest BCUT2D eigenvalue weighted by atomic mass is 10.1. The minimum Gasteiger partial charge on any atom is -0.471 e. The fraction of sp³-hybridized carbons (Fsp3) is 0.400. The van der Waals surface area contributed by atoms with Crippen LogP contribution in [-0.4, -0.2) is 59.4 Å². The molecule has 182 valence electrons. The molecule has 0 aliphatic carbocycles. The van der Waals surface area contributed by atoms with Crippen LogP contribution in [0.4, 0.5) is 4.79 Å². The van der Waals surface area contributed by atoms with Crippen LogP contribution in [0.2, 0.25) is 0 Å². The van der Waals surface area contributed by atoms with Crippen molar-refractivity contribution >= 4 is 17.2 Å². The fourth-order valence-electron chi connectivity index (χ4n) is 4.56. The Morgan fingerprint density at radius 3 is 2.80 bits per heavy atom. The summed E-state index contributed by atoms with van der Waals surface area (Å²) in [7, 11) is 1.93. The molecular formula is C25H30N8O2. The van der Waals surface area contributed by atoms with Crippen LogP contribution in [0.25, 0.3) is 22.6 Å². The zero-order valence-electron chi connectivity index (χ0n) is 20.5. The molecule has 2 atom stereocenters. The minimum absolute atomic E-state index is 0.0717. The highest BCUT2D eigenvalue weighted by Gasteiger charge is 2.30. The molecule has 35 heavy (non-hydrogen) atoms. The number of aromatic nitrogens is 6. The van der Waals surface area contributed by atoms with Crippen LogP contribution in [0.15, 0.2) is 42.9 Å². The number of aryl methyl sites for hydroxylation is 2. The van der Waals surface area contributed by atoms with Gasteiger partial charge in [-0.05, 0) is 26.3 Å². The molecule has 0 bridgehead atoms. The van der Waals surface area contributed by atoms with Gasteiger partial charge in [0.1, 0.15) is 18.3 Å². The molecule has 1 fully saturated rings. The van der Waals surface area contributed by atoms with Gasteiger partial charge >= 0.3 is 6.03 Å². The van der Waals surface area contributed by atoms with Gasteiger partial charge < -0.3 is 19.5 Å². The SMILES string of the molecule is CCn1ncc(-c2nc3c(OC4CCN(C(=O)NC(C)c5ccccc5)C4)ncnc3n2C)c1C. The largest absolute Gasteiger partial charge is 0.471 e. The molecule has 4 aromatic rings. The van der Waals surface area contributed by atoms with E-state index in [2.05, 4.69) is 27.3 Å². The first-order valence-corrected chi connectivity index (χ1v) is 11.9. The van der Waals surface area contributed by atoms with Crippen LogP contribution in [0, 0.1) is 6.92 Å². The third-order valence-electron chi connectivity index (χ3n) is 6.62. The van der Waals surface area contributed by atoms with E-state index < -0.39 is 0 Å². The summed E-state index contributed by atoms with van der Waals surface area (Å²) in [5.41, 5.74) is 4.37. The Morgan fingerprint density at radius 2 is 2.06 bits per heavy atom. The number of fused-ring (bicyclic) bond motifs is 1. The van der Waals surface area contributed by atoms with Crippen molar-refractivity contribution in [3.8, 4) is 17.3 Å². The monoisotopic (exact) mass is 474 g/mol. The Kier molecular flexibility index (Phi) is 6.10. The van der Waals surface area contributed by atoms with Crippen molar-refractivity contribution in [3.05, 3.63) is 54.1 Å². The summed E-state index contributed by atoms with van der Waals surface area (Å²) in [5.74, 6) is 1.20. The van der Waals surface area contributed by atoms with Gasteiger partial charge in [-0.25, -0.2) is 14.8 Å². The van der Waals surface area contributed by atoms with Gasteiger partial charge in [0, 0.05) is 32.3 Å². The molecule has 2 amide bonds. The number of rotatable bonds is 6. The topological polar surface area (TPSA) is 103 Å². The molecule has 1 saturated heterocycles. The number of carbonyl (C=O) groups excluding carboxylic acids is 1. The molecule has 2 unspecified atom stereocenters. The Bertz CT molecular complexity index is 1350. The first kappa shape index (κ1) is 22.8. The molecule has 10 nitrogen and oxygen atoms in total. The normalized spacial score (nSPS) is 16.6. The van der Waals surface area contributed by atoms with Gasteiger partial charge in [-0.15, -0.1) is 0 Å². The molecule has 1 aliphatic rings. The number of likely N-dealkylation sites (tertiary alicyclic amines) is 1. The average Bonchev–Trinajstić information content (AvgIpc) is 3.57. The summed E-state index contributed by atoms with van der Waals surface area (Å²) >= 11 is 0. The summed E-state index contributed by atoms with van der Waals surface area (Å²) in [6.07, 6.45) is 3.88. The van der Waals surface area contributed by atoms with E-state index in [4.69, 9.17) is 9.72 Å². The lowest BCUT2D eigenvalue weighted by Gasteiger charge is -2.21. The number of hydrogen-bond donors (Lipinski definition) is 1. The number of urea groups is 1. The summed E-state index contributed by atoms with van der Waals surface area (Å²) < 4.78 is 10.1. The first-order chi connectivity index (χ1) is 17.0. The number of carbonyl (C=O) groups is 1. The van der Waals surface area contributed by atoms with Crippen LogP contribution in [-0.2, 0) is 13.6 Å². The summed E-state index contributed by atoms with van der Waals surface area (Å²) in [4.78, 5) is 28.2. The number of benzene rings is 1. The highest BCUT2D eigenvalue weighted by Crippen LogP contribution is 2.30. The predicted molar refractivity (Wildman–Crippen MR) is 132 cm³/mol. The van der Waals surface area contributed by atoms with Crippen molar-refractivity contribution in [1.82, 2.24) is 39.5 Å². The molecule has 0 spiro atoms. The van der Waals surface area contributed by atoms with Crippen LogP contribution in [0.5, 0.6) is 5.88 Å². The molecule has 5 rings (SSSR count). The van der Waals surface area contributed by atoms with Crippen molar-refractivity contribution in [2.75, 3.05) is 13.1 Å². The van der Waals surface area contributed by atoms with E-state index in [1.54, 1.807) is 4.90 Å². The highest BCUT2D eigenvalue weighted by atomic mass is 16.5. The number of nitrogens with zero attached hydrogens (tertiary/aromatic N) is 7. The summed E-state index contributed by atoms with van der Waals surface area (Å²) in [6, 6.07) is 9.77. The van der Waals surface area contributed by atoms with Gasteiger partial charge in [-0.2, -0.15) is 10.1 Å². The number of hydrogen-bond acceptors (Lipinski definition) is 6. The van der Waals surface area contributed by atoms with E-state index in [1.165, 1.54) is 6.33 Å². The molecule has 1 aromatic carbocycles. The smallest absolute Gasteiger partial charge is 0.318 e. The maximum atomic E-state index is 12.8. The summed E-state index contributed by atoms with van der Waals surface area (Å²) in [6.45, 7) is 7.98. The second-order valence-electron chi connectivity index (χ2n) is 8.86. The quantitative estimate of drug-likeness (QED) is 0.459. The number of nitrogens with one attached hydrogen (secondary N) is 1. The highest BCUT2D eigenvalue weighted by molar-refractivity contribution is 5.81. The zero-order valence-corrected chi connectivity index (χ0v) is 20.5. The van der Waals surface area contributed by atoms with Crippen molar-refractivity contribution in [1.29, 1.82) is 0 Å². The molecule has 4 heterocycles. The lowest BCUT2D eigenvalue weighted by Crippen LogP contribution is -2.40. The van der Waals surface area contributed by atoms with Crippen molar-refractivity contribution in [2.24, 2.45) is 7.05 Å². The molecule has 0 saturated carbocycles.